The number of carbonyl (C=O) groups excluding carboxylic acids is 1. The molecular formula is C11H12N2O3. The lowest BCUT2D eigenvalue weighted by atomic mass is 10.1. The molecule has 0 spiro atoms. The molecule has 0 unspecified atom stereocenters. The first kappa shape index (κ1) is 12.0. The van der Waals surface area contributed by atoms with E-state index < -0.39 is 5.97 Å². The van der Waals surface area contributed by atoms with Crippen LogP contribution in [0.5, 0.6) is 5.75 Å². The van der Waals surface area contributed by atoms with Crippen molar-refractivity contribution in [1.82, 2.24) is 4.98 Å². The van der Waals surface area contributed by atoms with E-state index in [1.54, 1.807) is 13.8 Å². The number of esters is 1. The third-order valence-corrected chi connectivity index (χ3v) is 2.26. The van der Waals surface area contributed by atoms with Crippen molar-refractivity contribution in [1.29, 1.82) is 5.26 Å². The van der Waals surface area contributed by atoms with Crippen LogP contribution < -0.4 is 4.74 Å². The molecular weight excluding hydrogens is 208 g/mol. The first-order valence-corrected chi connectivity index (χ1v) is 4.60. The van der Waals surface area contributed by atoms with Gasteiger partial charge in [0.15, 0.2) is 5.69 Å². The van der Waals surface area contributed by atoms with Gasteiger partial charge in [-0.2, -0.15) is 5.26 Å². The van der Waals surface area contributed by atoms with Crippen LogP contribution in [-0.2, 0) is 4.74 Å². The molecule has 0 saturated heterocycles. The zero-order chi connectivity index (χ0) is 12.3. The Hall–Kier alpha value is -2.09. The van der Waals surface area contributed by atoms with E-state index in [-0.39, 0.29) is 11.3 Å². The minimum atomic E-state index is -0.620. The third kappa shape index (κ3) is 1.82. The molecule has 1 aromatic heterocycles. The van der Waals surface area contributed by atoms with Gasteiger partial charge in [-0.25, -0.2) is 9.78 Å². The van der Waals surface area contributed by atoms with Crippen molar-refractivity contribution < 1.29 is 14.3 Å². The molecule has 5 nitrogen and oxygen atoms in total. The molecule has 0 saturated carbocycles. The zero-order valence-electron chi connectivity index (χ0n) is 9.62. The van der Waals surface area contributed by atoms with E-state index in [0.29, 0.717) is 17.0 Å². The minimum Gasteiger partial charge on any atom is -0.495 e. The molecule has 84 valence electrons. The van der Waals surface area contributed by atoms with Crippen molar-refractivity contribution in [3.8, 4) is 11.8 Å². The summed E-state index contributed by atoms with van der Waals surface area (Å²) in [4.78, 5) is 15.4. The Morgan fingerprint density at radius 3 is 2.44 bits per heavy atom. The number of carbonyl (C=O) groups is 1. The molecule has 1 aromatic rings. The molecule has 0 N–H and O–H groups in total. The third-order valence-electron chi connectivity index (χ3n) is 2.26. The molecule has 16 heavy (non-hydrogen) atoms. The van der Waals surface area contributed by atoms with Crippen LogP contribution in [0.1, 0.15) is 27.3 Å². The number of hydrogen-bond donors (Lipinski definition) is 0. The number of nitrogens with zero attached hydrogens (tertiary/aromatic N) is 2. The van der Waals surface area contributed by atoms with Crippen molar-refractivity contribution in [2.24, 2.45) is 0 Å². The van der Waals surface area contributed by atoms with Gasteiger partial charge in [0.2, 0.25) is 0 Å². The van der Waals surface area contributed by atoms with E-state index in [0.717, 1.165) is 0 Å². The smallest absolute Gasteiger partial charge is 0.358 e. The number of aryl methyl sites for hydroxylation is 1. The number of rotatable bonds is 2. The van der Waals surface area contributed by atoms with Crippen LogP contribution in [-0.4, -0.2) is 25.2 Å². The van der Waals surface area contributed by atoms with Crippen LogP contribution in [0.4, 0.5) is 0 Å². The van der Waals surface area contributed by atoms with E-state index in [2.05, 4.69) is 9.72 Å². The average Bonchev–Trinajstić information content (AvgIpc) is 2.28. The van der Waals surface area contributed by atoms with E-state index >= 15 is 0 Å². The van der Waals surface area contributed by atoms with Crippen molar-refractivity contribution in [3.05, 3.63) is 22.5 Å². The second-order valence-corrected chi connectivity index (χ2v) is 3.18. The van der Waals surface area contributed by atoms with Gasteiger partial charge < -0.3 is 9.47 Å². The van der Waals surface area contributed by atoms with Crippen molar-refractivity contribution in [2.45, 2.75) is 13.8 Å². The Morgan fingerprint density at radius 1 is 1.38 bits per heavy atom. The number of hydrogen-bond acceptors (Lipinski definition) is 5. The van der Waals surface area contributed by atoms with Crippen LogP contribution in [0.25, 0.3) is 0 Å². The Kier molecular flexibility index (Phi) is 3.46. The Labute approximate surface area is 93.6 Å². The number of methoxy groups -OCH3 is 2. The van der Waals surface area contributed by atoms with E-state index in [9.17, 15) is 4.79 Å². The molecule has 0 aliphatic rings. The molecule has 0 aromatic carbocycles. The average molecular weight is 220 g/mol. The summed E-state index contributed by atoms with van der Waals surface area (Å²) in [6.07, 6.45) is 0. The molecule has 0 radical (unpaired) electrons. The minimum absolute atomic E-state index is 0.0285. The first-order chi connectivity index (χ1) is 7.56. The fraction of sp³-hybridized carbons (Fsp3) is 0.364. The van der Waals surface area contributed by atoms with Crippen LogP contribution in [0.2, 0.25) is 0 Å². The van der Waals surface area contributed by atoms with Crippen molar-refractivity contribution in [2.75, 3.05) is 14.2 Å². The van der Waals surface area contributed by atoms with Gasteiger partial charge in [0.1, 0.15) is 11.8 Å². The van der Waals surface area contributed by atoms with Gasteiger partial charge in [-0.1, -0.05) is 0 Å². The summed E-state index contributed by atoms with van der Waals surface area (Å²) >= 11 is 0. The highest BCUT2D eigenvalue weighted by Gasteiger charge is 2.20. The lowest BCUT2D eigenvalue weighted by molar-refractivity contribution is 0.0593. The number of nitriles is 1. The molecule has 0 fully saturated rings. The zero-order valence-corrected chi connectivity index (χ0v) is 9.62. The van der Waals surface area contributed by atoms with Gasteiger partial charge in [0, 0.05) is 5.56 Å². The summed E-state index contributed by atoms with van der Waals surface area (Å²) in [7, 11) is 2.75. The summed E-state index contributed by atoms with van der Waals surface area (Å²) in [6.45, 7) is 3.41. The van der Waals surface area contributed by atoms with Gasteiger partial charge in [-0.3, -0.25) is 0 Å². The maximum atomic E-state index is 11.4. The molecule has 1 heterocycles. The van der Waals surface area contributed by atoms with Crippen LogP contribution >= 0.6 is 0 Å². The van der Waals surface area contributed by atoms with Crippen LogP contribution in [0.3, 0.4) is 0 Å². The highest BCUT2D eigenvalue weighted by Crippen LogP contribution is 2.26. The Balaban J connectivity index is 3.54. The Morgan fingerprint density at radius 2 is 2.00 bits per heavy atom. The maximum Gasteiger partial charge on any atom is 0.358 e. The summed E-state index contributed by atoms with van der Waals surface area (Å²) in [5.41, 5.74) is 1.37. The monoisotopic (exact) mass is 220 g/mol. The summed E-state index contributed by atoms with van der Waals surface area (Å²) in [5.74, 6) is -0.102. The molecule has 0 atom stereocenters. The SMILES string of the molecule is COC(=O)c1nc(C)c(OC)c(C)c1C#N. The highest BCUT2D eigenvalue weighted by atomic mass is 16.5. The quantitative estimate of drug-likeness (QED) is 0.704. The second-order valence-electron chi connectivity index (χ2n) is 3.18. The van der Waals surface area contributed by atoms with Gasteiger partial charge in [-0.05, 0) is 13.8 Å². The molecule has 5 heteroatoms. The number of aromatic nitrogens is 1. The van der Waals surface area contributed by atoms with Crippen molar-refractivity contribution >= 4 is 5.97 Å². The molecule has 0 aliphatic carbocycles. The number of pyridine rings is 1. The van der Waals surface area contributed by atoms with Crippen LogP contribution in [0.15, 0.2) is 0 Å². The summed E-state index contributed by atoms with van der Waals surface area (Å²) in [6, 6.07) is 1.94. The first-order valence-electron chi connectivity index (χ1n) is 4.60. The van der Waals surface area contributed by atoms with Gasteiger partial charge in [0.25, 0.3) is 0 Å². The lowest BCUT2D eigenvalue weighted by Crippen LogP contribution is -2.11. The highest BCUT2D eigenvalue weighted by molar-refractivity contribution is 5.90. The number of ether oxygens (including phenoxy) is 2. The van der Waals surface area contributed by atoms with Crippen LogP contribution in [0, 0.1) is 25.2 Å². The predicted molar refractivity (Wildman–Crippen MR) is 56.3 cm³/mol. The van der Waals surface area contributed by atoms with E-state index in [1.165, 1.54) is 14.2 Å². The van der Waals surface area contributed by atoms with E-state index in [1.807, 2.05) is 6.07 Å². The molecule has 0 bridgehead atoms. The predicted octanol–water partition coefficient (Wildman–Crippen LogP) is 1.37. The largest absolute Gasteiger partial charge is 0.495 e. The maximum absolute atomic E-state index is 11.4. The van der Waals surface area contributed by atoms with Crippen molar-refractivity contribution in [3.63, 3.8) is 0 Å². The second kappa shape index (κ2) is 4.62. The fourth-order valence-electron chi connectivity index (χ4n) is 1.52. The topological polar surface area (TPSA) is 72.2 Å². The van der Waals surface area contributed by atoms with E-state index in [4.69, 9.17) is 10.00 Å². The molecule has 1 rings (SSSR count). The molecule has 0 amide bonds. The van der Waals surface area contributed by atoms with Gasteiger partial charge in [0.05, 0.1) is 25.5 Å². The Bertz CT molecular complexity index is 475. The molecule has 0 aliphatic heterocycles. The van der Waals surface area contributed by atoms with Gasteiger partial charge >= 0.3 is 5.97 Å². The normalized spacial score (nSPS) is 9.44. The lowest BCUT2D eigenvalue weighted by Gasteiger charge is -2.11. The summed E-state index contributed by atoms with van der Waals surface area (Å²) in [5, 5.41) is 9.00. The summed E-state index contributed by atoms with van der Waals surface area (Å²) < 4.78 is 9.69. The standard InChI is InChI=1S/C11H12N2O3/c1-6-8(5-12)9(11(14)16-4)13-7(2)10(6)15-3/h1-4H3. The fourth-order valence-corrected chi connectivity index (χ4v) is 1.52. The van der Waals surface area contributed by atoms with Gasteiger partial charge in [-0.15, -0.1) is 0 Å².